The van der Waals surface area contributed by atoms with E-state index in [1.54, 1.807) is 0 Å². The highest BCUT2D eigenvalue weighted by Gasteiger charge is 2.10. The van der Waals surface area contributed by atoms with E-state index in [0.717, 1.165) is 0 Å². The maximum absolute atomic E-state index is 2.32. The minimum absolute atomic E-state index is 1.32. The van der Waals surface area contributed by atoms with Gasteiger partial charge in [-0.2, -0.15) is 0 Å². The molecule has 0 nitrogen and oxygen atoms in total. The van der Waals surface area contributed by atoms with Crippen molar-refractivity contribution in [1.82, 2.24) is 0 Å². The van der Waals surface area contributed by atoms with Crippen LogP contribution in [0.25, 0.3) is 17.2 Å². The van der Waals surface area contributed by atoms with Gasteiger partial charge in [0.05, 0.1) is 0 Å². The summed E-state index contributed by atoms with van der Waals surface area (Å²) < 4.78 is 0. The first kappa shape index (κ1) is 13.6. The van der Waals surface area contributed by atoms with Gasteiger partial charge in [-0.15, -0.1) is 0 Å². The third-order valence-corrected chi connectivity index (χ3v) is 4.04. The van der Waals surface area contributed by atoms with E-state index in [1.807, 2.05) is 0 Å². The molecule has 0 spiro atoms. The van der Waals surface area contributed by atoms with Gasteiger partial charge in [-0.05, 0) is 79.6 Å². The summed E-state index contributed by atoms with van der Waals surface area (Å²) in [4.78, 5) is 0. The molecule has 0 aromatic heterocycles. The lowest BCUT2D eigenvalue weighted by molar-refractivity contribution is 1.25. The standard InChI is InChI=1S/C19H22/c1-6-9-17-12-19(16(5)14(3)15(17)4)18-11-8-7-10-13(18)2/h6-12H,1-5H3/b9-6-. The van der Waals surface area contributed by atoms with E-state index in [0.29, 0.717) is 0 Å². The highest BCUT2D eigenvalue weighted by Crippen LogP contribution is 2.32. The van der Waals surface area contributed by atoms with Crippen molar-refractivity contribution >= 4 is 6.08 Å². The van der Waals surface area contributed by atoms with Gasteiger partial charge < -0.3 is 0 Å². The minimum atomic E-state index is 1.32. The summed E-state index contributed by atoms with van der Waals surface area (Å²) >= 11 is 0. The Kier molecular flexibility index (Phi) is 3.90. The Bertz CT molecular complexity index is 631. The Morgan fingerprint density at radius 3 is 2.11 bits per heavy atom. The second-order valence-electron chi connectivity index (χ2n) is 5.20. The number of benzene rings is 2. The molecule has 0 amide bonds. The van der Waals surface area contributed by atoms with Gasteiger partial charge in [0.1, 0.15) is 0 Å². The van der Waals surface area contributed by atoms with Crippen LogP contribution < -0.4 is 0 Å². The monoisotopic (exact) mass is 250 g/mol. The lowest BCUT2D eigenvalue weighted by atomic mass is 9.89. The largest absolute Gasteiger partial charge is 0.0871 e. The molecule has 0 aliphatic carbocycles. The third kappa shape index (κ3) is 2.49. The Hall–Kier alpha value is -1.82. The van der Waals surface area contributed by atoms with Gasteiger partial charge in [0.25, 0.3) is 0 Å². The topological polar surface area (TPSA) is 0 Å². The molecule has 0 unspecified atom stereocenters. The highest BCUT2D eigenvalue weighted by atomic mass is 14.1. The summed E-state index contributed by atoms with van der Waals surface area (Å²) in [5.74, 6) is 0. The first-order valence-electron chi connectivity index (χ1n) is 6.85. The predicted molar refractivity (Wildman–Crippen MR) is 85.5 cm³/mol. The van der Waals surface area contributed by atoms with Crippen molar-refractivity contribution < 1.29 is 0 Å². The van der Waals surface area contributed by atoms with Gasteiger partial charge in [0.15, 0.2) is 0 Å². The van der Waals surface area contributed by atoms with E-state index < -0.39 is 0 Å². The molecule has 0 N–H and O–H groups in total. The Balaban J connectivity index is 2.74. The van der Waals surface area contributed by atoms with Crippen molar-refractivity contribution in [3.8, 4) is 11.1 Å². The van der Waals surface area contributed by atoms with Crippen molar-refractivity contribution in [1.29, 1.82) is 0 Å². The molecule has 0 fully saturated rings. The molecule has 19 heavy (non-hydrogen) atoms. The molecule has 0 atom stereocenters. The maximum Gasteiger partial charge on any atom is -0.0143 e. The first-order valence-corrected chi connectivity index (χ1v) is 6.85. The average molecular weight is 250 g/mol. The zero-order chi connectivity index (χ0) is 14.0. The van der Waals surface area contributed by atoms with E-state index in [4.69, 9.17) is 0 Å². The van der Waals surface area contributed by atoms with Crippen molar-refractivity contribution in [3.63, 3.8) is 0 Å². The Morgan fingerprint density at radius 1 is 0.789 bits per heavy atom. The van der Waals surface area contributed by atoms with E-state index in [2.05, 4.69) is 77.1 Å². The molecule has 0 saturated heterocycles. The lowest BCUT2D eigenvalue weighted by Crippen LogP contribution is -1.96. The SMILES string of the molecule is C/C=C\c1cc(-c2ccccc2C)c(C)c(C)c1C. The van der Waals surface area contributed by atoms with Crippen molar-refractivity contribution in [3.05, 3.63) is 64.2 Å². The summed E-state index contributed by atoms with van der Waals surface area (Å²) in [5, 5.41) is 0. The average Bonchev–Trinajstić information content (AvgIpc) is 2.41. The molecule has 0 radical (unpaired) electrons. The van der Waals surface area contributed by atoms with Crippen LogP contribution in [-0.4, -0.2) is 0 Å². The van der Waals surface area contributed by atoms with Crippen molar-refractivity contribution in [2.45, 2.75) is 34.6 Å². The van der Waals surface area contributed by atoms with Crippen molar-refractivity contribution in [2.75, 3.05) is 0 Å². The summed E-state index contributed by atoms with van der Waals surface area (Å²) in [7, 11) is 0. The molecule has 0 aliphatic heterocycles. The summed E-state index contributed by atoms with van der Waals surface area (Å²) in [6.45, 7) is 10.9. The fourth-order valence-electron chi connectivity index (χ4n) is 2.58. The van der Waals surface area contributed by atoms with Gasteiger partial charge >= 0.3 is 0 Å². The third-order valence-electron chi connectivity index (χ3n) is 4.04. The van der Waals surface area contributed by atoms with Crippen LogP contribution in [0.1, 0.15) is 34.7 Å². The molecule has 0 bridgehead atoms. The molecule has 0 heterocycles. The smallest absolute Gasteiger partial charge is 0.0143 e. The zero-order valence-corrected chi connectivity index (χ0v) is 12.5. The highest BCUT2D eigenvalue weighted by molar-refractivity contribution is 5.76. The van der Waals surface area contributed by atoms with E-state index in [9.17, 15) is 0 Å². The summed E-state index contributed by atoms with van der Waals surface area (Å²) in [6.07, 6.45) is 4.31. The molecule has 0 saturated carbocycles. The predicted octanol–water partition coefficient (Wildman–Crippen LogP) is 5.62. The molecule has 2 aromatic rings. The van der Waals surface area contributed by atoms with Crippen LogP contribution in [0, 0.1) is 27.7 Å². The number of hydrogen-bond donors (Lipinski definition) is 0. The Morgan fingerprint density at radius 2 is 1.47 bits per heavy atom. The second-order valence-corrected chi connectivity index (χ2v) is 5.20. The molecule has 0 aliphatic rings. The maximum atomic E-state index is 2.32. The molecule has 98 valence electrons. The van der Waals surface area contributed by atoms with Crippen LogP contribution >= 0.6 is 0 Å². The van der Waals surface area contributed by atoms with Crippen LogP contribution in [0.15, 0.2) is 36.4 Å². The molecular formula is C19H22. The van der Waals surface area contributed by atoms with Gasteiger partial charge in [-0.3, -0.25) is 0 Å². The first-order chi connectivity index (χ1) is 9.06. The molecule has 2 aromatic carbocycles. The fraction of sp³-hybridized carbons (Fsp3) is 0.263. The Labute approximate surface area is 116 Å². The molecule has 0 heteroatoms. The van der Waals surface area contributed by atoms with Gasteiger partial charge in [-0.25, -0.2) is 0 Å². The number of aryl methyl sites for hydroxylation is 1. The van der Waals surface area contributed by atoms with Crippen LogP contribution in [0.3, 0.4) is 0 Å². The van der Waals surface area contributed by atoms with Crippen LogP contribution in [-0.2, 0) is 0 Å². The summed E-state index contributed by atoms with van der Waals surface area (Å²) in [6, 6.07) is 10.9. The van der Waals surface area contributed by atoms with E-state index in [-0.39, 0.29) is 0 Å². The summed E-state index contributed by atoms with van der Waals surface area (Å²) in [5.41, 5.74) is 9.52. The fourth-order valence-corrected chi connectivity index (χ4v) is 2.58. The lowest BCUT2D eigenvalue weighted by Gasteiger charge is -2.16. The number of allylic oxidation sites excluding steroid dienone is 1. The van der Waals surface area contributed by atoms with Crippen molar-refractivity contribution in [2.24, 2.45) is 0 Å². The number of hydrogen-bond acceptors (Lipinski definition) is 0. The second kappa shape index (κ2) is 5.44. The number of rotatable bonds is 2. The van der Waals surface area contributed by atoms with Gasteiger partial charge in [0, 0.05) is 0 Å². The van der Waals surface area contributed by atoms with Crippen LogP contribution in [0.4, 0.5) is 0 Å². The normalized spacial score (nSPS) is 11.2. The van der Waals surface area contributed by atoms with Crippen LogP contribution in [0.2, 0.25) is 0 Å². The molecule has 2 rings (SSSR count). The quantitative estimate of drug-likeness (QED) is 0.649. The van der Waals surface area contributed by atoms with E-state index >= 15 is 0 Å². The minimum Gasteiger partial charge on any atom is -0.0871 e. The molecular weight excluding hydrogens is 228 g/mol. The van der Waals surface area contributed by atoms with E-state index in [1.165, 1.54) is 38.9 Å². The van der Waals surface area contributed by atoms with Crippen LogP contribution in [0.5, 0.6) is 0 Å². The van der Waals surface area contributed by atoms with Gasteiger partial charge in [-0.1, -0.05) is 36.4 Å². The zero-order valence-electron chi connectivity index (χ0n) is 12.5. The van der Waals surface area contributed by atoms with Gasteiger partial charge in [0.2, 0.25) is 0 Å².